The summed E-state index contributed by atoms with van der Waals surface area (Å²) >= 11 is 12.6. The fraction of sp³-hybridized carbons (Fsp3) is 0.500. The van der Waals surface area contributed by atoms with Crippen molar-refractivity contribution in [2.45, 2.75) is 17.7 Å². The van der Waals surface area contributed by atoms with E-state index < -0.39 is 10.0 Å². The highest BCUT2D eigenvalue weighted by Gasteiger charge is 2.25. The zero-order valence-corrected chi connectivity index (χ0v) is 13.5. The lowest BCUT2D eigenvalue weighted by Gasteiger charge is -2.16. The number of thiophene rings is 1. The van der Waals surface area contributed by atoms with Gasteiger partial charge in [0, 0.05) is 20.0 Å². The molecular formula is C10H13Cl2NO4S2. The highest BCUT2D eigenvalue weighted by Crippen LogP contribution is 2.35. The Labute approximate surface area is 126 Å². The van der Waals surface area contributed by atoms with Crippen molar-refractivity contribution in [3.8, 4) is 0 Å². The first-order valence-electron chi connectivity index (χ1n) is 5.27. The molecule has 5 nitrogen and oxygen atoms in total. The molecule has 0 aliphatic heterocycles. The molecule has 0 radical (unpaired) electrons. The van der Waals surface area contributed by atoms with Gasteiger partial charge >= 0.3 is 5.97 Å². The Morgan fingerprint density at radius 3 is 2.58 bits per heavy atom. The van der Waals surface area contributed by atoms with Gasteiger partial charge in [0.15, 0.2) is 0 Å². The second-order valence-electron chi connectivity index (χ2n) is 3.69. The molecule has 0 saturated heterocycles. The number of sulfonamides is 1. The molecule has 108 valence electrons. The molecule has 0 fully saturated rings. The molecular weight excluding hydrogens is 333 g/mol. The standard InChI is InChI=1S/C10H13Cl2NO4S2/c1-13(5-3-4-9(14)17-2)19(15,16)7-6-8(11)18-10(7)12/h6H,3-5H2,1-2H3. The van der Waals surface area contributed by atoms with Gasteiger partial charge in [0.05, 0.1) is 11.4 Å². The van der Waals surface area contributed by atoms with Crippen LogP contribution in [-0.4, -0.2) is 39.4 Å². The third-order valence-corrected chi connectivity index (χ3v) is 6.01. The largest absolute Gasteiger partial charge is 0.469 e. The minimum absolute atomic E-state index is 0.00950. The number of carbonyl (C=O) groups is 1. The average Bonchev–Trinajstić information content (AvgIpc) is 2.68. The van der Waals surface area contributed by atoms with E-state index in [1.807, 2.05) is 0 Å². The molecule has 1 rings (SSSR count). The third kappa shape index (κ3) is 4.32. The number of nitrogens with zero attached hydrogens (tertiary/aromatic N) is 1. The Hall–Kier alpha value is -0.340. The predicted molar refractivity (Wildman–Crippen MR) is 75.4 cm³/mol. The molecule has 9 heteroatoms. The van der Waals surface area contributed by atoms with Gasteiger partial charge in [-0.25, -0.2) is 12.7 Å². The SMILES string of the molecule is COC(=O)CCCN(C)S(=O)(=O)c1cc(Cl)sc1Cl. The van der Waals surface area contributed by atoms with Gasteiger partial charge in [-0.3, -0.25) is 4.79 Å². The average molecular weight is 346 g/mol. The maximum atomic E-state index is 12.2. The van der Waals surface area contributed by atoms with Crippen molar-refractivity contribution >= 4 is 50.5 Å². The van der Waals surface area contributed by atoms with Crippen molar-refractivity contribution in [1.29, 1.82) is 0 Å². The molecule has 0 bridgehead atoms. The normalized spacial score (nSPS) is 11.8. The number of carbonyl (C=O) groups excluding carboxylic acids is 1. The van der Waals surface area contributed by atoms with Gasteiger partial charge in [-0.05, 0) is 12.5 Å². The molecule has 0 unspecified atom stereocenters. The second kappa shape index (κ2) is 6.90. The number of rotatable bonds is 6. The van der Waals surface area contributed by atoms with Crippen molar-refractivity contribution in [2.75, 3.05) is 20.7 Å². The summed E-state index contributed by atoms with van der Waals surface area (Å²) in [7, 11) is -0.966. The van der Waals surface area contributed by atoms with Crippen LogP contribution in [0, 0.1) is 0 Å². The third-order valence-electron chi connectivity index (χ3n) is 2.40. The molecule has 1 aromatic heterocycles. The Morgan fingerprint density at radius 1 is 1.47 bits per heavy atom. The molecule has 0 atom stereocenters. The molecule has 19 heavy (non-hydrogen) atoms. The molecule has 0 aliphatic rings. The molecule has 0 N–H and O–H groups in total. The topological polar surface area (TPSA) is 63.7 Å². The highest BCUT2D eigenvalue weighted by atomic mass is 35.5. The Kier molecular flexibility index (Phi) is 6.07. The van der Waals surface area contributed by atoms with Crippen LogP contribution in [0.2, 0.25) is 8.67 Å². The van der Waals surface area contributed by atoms with Gasteiger partial charge < -0.3 is 4.74 Å². The van der Waals surface area contributed by atoms with Gasteiger partial charge in [0.25, 0.3) is 0 Å². The van der Waals surface area contributed by atoms with Gasteiger partial charge in [0.2, 0.25) is 10.0 Å². The van der Waals surface area contributed by atoms with E-state index in [1.54, 1.807) is 0 Å². The Bertz CT molecular complexity index is 556. The number of methoxy groups -OCH3 is 1. The van der Waals surface area contributed by atoms with Crippen LogP contribution in [0.1, 0.15) is 12.8 Å². The maximum absolute atomic E-state index is 12.2. The molecule has 1 heterocycles. The van der Waals surface area contributed by atoms with E-state index in [0.29, 0.717) is 10.8 Å². The summed E-state index contributed by atoms with van der Waals surface area (Å²) in [6.07, 6.45) is 0.534. The van der Waals surface area contributed by atoms with Gasteiger partial charge in [-0.15, -0.1) is 11.3 Å². The van der Waals surface area contributed by atoms with Crippen molar-refractivity contribution in [2.24, 2.45) is 0 Å². The first kappa shape index (κ1) is 16.7. The summed E-state index contributed by atoms with van der Waals surface area (Å²) < 4.78 is 30.4. The van der Waals surface area contributed by atoms with Crippen LogP contribution < -0.4 is 0 Å². The Morgan fingerprint density at radius 2 is 2.11 bits per heavy atom. The fourth-order valence-corrected chi connectivity index (χ4v) is 4.66. The van der Waals surface area contributed by atoms with E-state index in [4.69, 9.17) is 23.2 Å². The molecule has 0 spiro atoms. The molecule has 0 amide bonds. The van der Waals surface area contributed by atoms with Crippen LogP contribution in [0.5, 0.6) is 0 Å². The van der Waals surface area contributed by atoms with E-state index in [9.17, 15) is 13.2 Å². The van der Waals surface area contributed by atoms with Gasteiger partial charge in [-0.1, -0.05) is 23.2 Å². The lowest BCUT2D eigenvalue weighted by molar-refractivity contribution is -0.140. The lowest BCUT2D eigenvalue weighted by atomic mass is 10.3. The first-order valence-corrected chi connectivity index (χ1v) is 8.28. The number of hydrogen-bond acceptors (Lipinski definition) is 5. The monoisotopic (exact) mass is 345 g/mol. The minimum Gasteiger partial charge on any atom is -0.469 e. The van der Waals surface area contributed by atoms with Crippen molar-refractivity contribution in [1.82, 2.24) is 4.31 Å². The summed E-state index contributed by atoms with van der Waals surface area (Å²) in [4.78, 5) is 10.9. The molecule has 0 aromatic carbocycles. The number of hydrogen-bond donors (Lipinski definition) is 0. The summed E-state index contributed by atoms with van der Waals surface area (Å²) in [6, 6.07) is 1.32. The van der Waals surface area contributed by atoms with E-state index in [-0.39, 0.29) is 28.2 Å². The van der Waals surface area contributed by atoms with Crippen LogP contribution in [0.25, 0.3) is 0 Å². The summed E-state index contributed by atoms with van der Waals surface area (Å²) in [5, 5.41) is 0. The fourth-order valence-electron chi connectivity index (χ4n) is 1.34. The van der Waals surface area contributed by atoms with E-state index in [0.717, 1.165) is 15.6 Å². The first-order chi connectivity index (χ1) is 8.78. The smallest absolute Gasteiger partial charge is 0.305 e. The van der Waals surface area contributed by atoms with Crippen molar-refractivity contribution in [3.63, 3.8) is 0 Å². The van der Waals surface area contributed by atoms with E-state index in [2.05, 4.69) is 4.74 Å². The predicted octanol–water partition coefficient (Wildman–Crippen LogP) is 2.63. The number of ether oxygens (including phenoxy) is 1. The summed E-state index contributed by atoms with van der Waals surface area (Å²) in [5.74, 6) is -0.373. The van der Waals surface area contributed by atoms with Crippen LogP contribution in [0.4, 0.5) is 0 Å². The van der Waals surface area contributed by atoms with Crippen LogP contribution in [0.15, 0.2) is 11.0 Å². The number of esters is 1. The van der Waals surface area contributed by atoms with Gasteiger partial charge in [0.1, 0.15) is 9.23 Å². The van der Waals surface area contributed by atoms with Crippen LogP contribution >= 0.6 is 34.5 Å². The second-order valence-corrected chi connectivity index (χ2v) is 7.99. The van der Waals surface area contributed by atoms with E-state index >= 15 is 0 Å². The zero-order valence-electron chi connectivity index (χ0n) is 10.4. The molecule has 0 aliphatic carbocycles. The maximum Gasteiger partial charge on any atom is 0.305 e. The van der Waals surface area contributed by atoms with Gasteiger partial charge in [-0.2, -0.15) is 0 Å². The zero-order chi connectivity index (χ0) is 14.6. The van der Waals surface area contributed by atoms with Crippen molar-refractivity contribution in [3.05, 3.63) is 14.7 Å². The van der Waals surface area contributed by atoms with Crippen LogP contribution in [0.3, 0.4) is 0 Å². The Balaban J connectivity index is 2.72. The highest BCUT2D eigenvalue weighted by molar-refractivity contribution is 7.89. The summed E-state index contributed by atoms with van der Waals surface area (Å²) in [5.41, 5.74) is 0. The summed E-state index contributed by atoms with van der Waals surface area (Å²) in [6.45, 7) is 0.196. The van der Waals surface area contributed by atoms with Crippen LogP contribution in [-0.2, 0) is 19.6 Å². The minimum atomic E-state index is -3.68. The number of halogens is 2. The lowest BCUT2D eigenvalue weighted by Crippen LogP contribution is -2.28. The van der Waals surface area contributed by atoms with Crippen molar-refractivity contribution < 1.29 is 17.9 Å². The molecule has 1 aromatic rings. The quantitative estimate of drug-likeness (QED) is 0.743. The molecule has 0 saturated carbocycles. The van der Waals surface area contributed by atoms with E-state index in [1.165, 1.54) is 20.2 Å².